The first kappa shape index (κ1) is 8.51. The standard InChI is InChI=1S/C6H7IN2O2/c1-4-5(7)3-8(2)6(4)9(10)11/h3H,1-2H3. The minimum Gasteiger partial charge on any atom is -0.358 e. The smallest absolute Gasteiger partial charge is 0.326 e. The predicted molar refractivity (Wildman–Crippen MR) is 49.5 cm³/mol. The molecule has 0 saturated carbocycles. The highest BCUT2D eigenvalue weighted by atomic mass is 127. The number of nitrogens with zero attached hydrogens (tertiary/aromatic N) is 2. The summed E-state index contributed by atoms with van der Waals surface area (Å²) in [5.74, 6) is 0.175. The van der Waals surface area contributed by atoms with E-state index in [9.17, 15) is 10.1 Å². The van der Waals surface area contributed by atoms with Crippen molar-refractivity contribution in [2.75, 3.05) is 0 Å². The summed E-state index contributed by atoms with van der Waals surface area (Å²) in [4.78, 5) is 10.1. The van der Waals surface area contributed by atoms with Crippen LogP contribution in [-0.2, 0) is 7.05 Å². The topological polar surface area (TPSA) is 48.1 Å². The molecule has 0 aliphatic carbocycles. The summed E-state index contributed by atoms with van der Waals surface area (Å²) >= 11 is 2.08. The van der Waals surface area contributed by atoms with Gasteiger partial charge in [0.05, 0.1) is 16.2 Å². The van der Waals surface area contributed by atoms with E-state index in [4.69, 9.17) is 0 Å². The van der Waals surface area contributed by atoms with Gasteiger partial charge in [-0.05, 0) is 34.4 Å². The second-order valence-corrected chi connectivity index (χ2v) is 3.46. The minimum absolute atomic E-state index is 0.175. The van der Waals surface area contributed by atoms with Gasteiger partial charge in [-0.1, -0.05) is 0 Å². The molecule has 0 radical (unpaired) electrons. The highest BCUT2D eigenvalue weighted by Gasteiger charge is 2.17. The van der Waals surface area contributed by atoms with E-state index in [1.165, 1.54) is 4.57 Å². The number of halogens is 1. The molecule has 0 aliphatic heterocycles. The second-order valence-electron chi connectivity index (χ2n) is 2.29. The van der Waals surface area contributed by atoms with Gasteiger partial charge in [0, 0.05) is 0 Å². The number of hydrogen-bond acceptors (Lipinski definition) is 2. The molecule has 4 nitrogen and oxygen atoms in total. The number of rotatable bonds is 1. The molecule has 1 aromatic rings. The number of hydrogen-bond donors (Lipinski definition) is 0. The van der Waals surface area contributed by atoms with Gasteiger partial charge in [0.1, 0.15) is 6.20 Å². The molecule has 5 heteroatoms. The van der Waals surface area contributed by atoms with Crippen LogP contribution in [0.1, 0.15) is 5.56 Å². The summed E-state index contributed by atoms with van der Waals surface area (Å²) in [5.41, 5.74) is 0.734. The summed E-state index contributed by atoms with van der Waals surface area (Å²) in [6.45, 7) is 1.75. The van der Waals surface area contributed by atoms with Gasteiger partial charge in [0.15, 0.2) is 0 Å². The van der Waals surface area contributed by atoms with E-state index < -0.39 is 0 Å². The Kier molecular flexibility index (Phi) is 2.17. The lowest BCUT2D eigenvalue weighted by molar-refractivity contribution is -0.392. The summed E-state index contributed by atoms with van der Waals surface area (Å²) < 4.78 is 2.45. The molecule has 0 saturated heterocycles. The third-order valence-electron chi connectivity index (χ3n) is 1.51. The quantitative estimate of drug-likeness (QED) is 0.442. The zero-order valence-corrected chi connectivity index (χ0v) is 8.32. The molecule has 0 fully saturated rings. The van der Waals surface area contributed by atoms with Crippen molar-refractivity contribution in [1.82, 2.24) is 4.57 Å². The van der Waals surface area contributed by atoms with Crippen molar-refractivity contribution < 1.29 is 4.92 Å². The molecule has 1 heterocycles. The molecule has 11 heavy (non-hydrogen) atoms. The fourth-order valence-corrected chi connectivity index (χ4v) is 1.62. The molecule has 0 bridgehead atoms. The third kappa shape index (κ3) is 1.37. The lowest BCUT2D eigenvalue weighted by Crippen LogP contribution is -1.96. The predicted octanol–water partition coefficient (Wildman–Crippen LogP) is 1.85. The van der Waals surface area contributed by atoms with Crippen LogP contribution in [-0.4, -0.2) is 9.49 Å². The van der Waals surface area contributed by atoms with Crippen LogP contribution in [0.3, 0.4) is 0 Å². The largest absolute Gasteiger partial charge is 0.358 e. The van der Waals surface area contributed by atoms with Crippen LogP contribution in [0.2, 0.25) is 0 Å². The molecule has 1 rings (SSSR count). The average molecular weight is 266 g/mol. The second kappa shape index (κ2) is 2.80. The Bertz CT molecular complexity index is 306. The van der Waals surface area contributed by atoms with Crippen LogP contribution in [0.15, 0.2) is 6.20 Å². The van der Waals surface area contributed by atoms with Gasteiger partial charge >= 0.3 is 5.82 Å². The normalized spacial score (nSPS) is 10.1. The van der Waals surface area contributed by atoms with E-state index in [1.54, 1.807) is 20.2 Å². The Labute approximate surface area is 77.5 Å². The van der Waals surface area contributed by atoms with Crippen LogP contribution in [0.25, 0.3) is 0 Å². The van der Waals surface area contributed by atoms with E-state index in [2.05, 4.69) is 22.6 Å². The fraction of sp³-hybridized carbons (Fsp3) is 0.333. The third-order valence-corrected chi connectivity index (χ3v) is 2.60. The maximum Gasteiger partial charge on any atom is 0.326 e. The van der Waals surface area contributed by atoms with Crippen molar-refractivity contribution in [3.8, 4) is 0 Å². The maximum atomic E-state index is 10.4. The summed E-state index contributed by atoms with van der Waals surface area (Å²) in [7, 11) is 1.67. The molecule has 60 valence electrons. The average Bonchev–Trinajstić information content (AvgIpc) is 2.07. The van der Waals surface area contributed by atoms with Crippen molar-refractivity contribution in [2.24, 2.45) is 7.05 Å². The Hall–Kier alpha value is -0.590. The van der Waals surface area contributed by atoms with E-state index >= 15 is 0 Å². The van der Waals surface area contributed by atoms with Crippen LogP contribution < -0.4 is 0 Å². The van der Waals surface area contributed by atoms with Crippen LogP contribution in [0.4, 0.5) is 5.82 Å². The Morgan fingerprint density at radius 1 is 1.73 bits per heavy atom. The number of nitro groups is 1. The van der Waals surface area contributed by atoms with E-state index in [1.807, 2.05) is 0 Å². The molecular weight excluding hydrogens is 259 g/mol. The first-order valence-corrected chi connectivity index (χ1v) is 4.07. The van der Waals surface area contributed by atoms with Crippen LogP contribution >= 0.6 is 22.6 Å². The summed E-state index contributed by atoms with van der Waals surface area (Å²) in [5, 5.41) is 10.4. The Balaban J connectivity index is 3.34. The van der Waals surface area contributed by atoms with Crippen molar-refractivity contribution in [3.05, 3.63) is 25.4 Å². The first-order valence-electron chi connectivity index (χ1n) is 3.00. The number of aromatic nitrogens is 1. The lowest BCUT2D eigenvalue weighted by atomic mass is 10.4. The highest BCUT2D eigenvalue weighted by Crippen LogP contribution is 2.23. The van der Waals surface area contributed by atoms with Gasteiger partial charge in [0.25, 0.3) is 0 Å². The van der Waals surface area contributed by atoms with Gasteiger partial charge in [-0.3, -0.25) is 0 Å². The van der Waals surface area contributed by atoms with Crippen LogP contribution in [0, 0.1) is 20.6 Å². The fourth-order valence-electron chi connectivity index (χ4n) is 0.965. The SMILES string of the molecule is Cc1c(I)cn(C)c1[N+](=O)[O-]. The van der Waals surface area contributed by atoms with E-state index in [-0.39, 0.29) is 10.7 Å². The van der Waals surface area contributed by atoms with E-state index in [0.717, 1.165) is 9.13 Å². The Morgan fingerprint density at radius 3 is 2.45 bits per heavy atom. The van der Waals surface area contributed by atoms with Gasteiger partial charge < -0.3 is 10.1 Å². The molecule has 0 N–H and O–H groups in total. The first-order chi connectivity index (χ1) is 5.04. The van der Waals surface area contributed by atoms with Crippen molar-refractivity contribution in [3.63, 3.8) is 0 Å². The summed E-state index contributed by atoms with van der Waals surface area (Å²) in [6, 6.07) is 0. The molecule has 0 aromatic carbocycles. The molecule has 0 unspecified atom stereocenters. The van der Waals surface area contributed by atoms with Gasteiger partial charge in [-0.25, -0.2) is 4.57 Å². The molecule has 0 amide bonds. The van der Waals surface area contributed by atoms with Gasteiger partial charge in [-0.15, -0.1) is 0 Å². The Morgan fingerprint density at radius 2 is 2.27 bits per heavy atom. The van der Waals surface area contributed by atoms with Crippen LogP contribution in [0.5, 0.6) is 0 Å². The zero-order valence-electron chi connectivity index (χ0n) is 6.17. The van der Waals surface area contributed by atoms with E-state index in [0.29, 0.717) is 0 Å². The zero-order chi connectivity index (χ0) is 8.59. The summed E-state index contributed by atoms with van der Waals surface area (Å²) in [6.07, 6.45) is 1.74. The molecule has 1 aromatic heterocycles. The van der Waals surface area contributed by atoms with Gasteiger partial charge in [0.2, 0.25) is 0 Å². The number of aryl methyl sites for hydroxylation is 1. The molecule has 0 aliphatic rings. The van der Waals surface area contributed by atoms with Crippen molar-refractivity contribution in [1.29, 1.82) is 0 Å². The maximum absolute atomic E-state index is 10.4. The monoisotopic (exact) mass is 266 g/mol. The highest BCUT2D eigenvalue weighted by molar-refractivity contribution is 14.1. The minimum atomic E-state index is -0.364. The van der Waals surface area contributed by atoms with Crippen molar-refractivity contribution in [2.45, 2.75) is 6.92 Å². The molecular formula is C6H7IN2O2. The molecule has 0 spiro atoms. The van der Waals surface area contributed by atoms with Crippen molar-refractivity contribution >= 4 is 28.4 Å². The lowest BCUT2D eigenvalue weighted by Gasteiger charge is -1.94. The van der Waals surface area contributed by atoms with Gasteiger partial charge in [-0.2, -0.15) is 0 Å². The molecule has 0 atom stereocenters.